The molecule has 0 aromatic heterocycles. The molecule has 0 rings (SSSR count). The molecule has 1 amide bonds. The molecule has 0 spiro atoms. The highest BCUT2D eigenvalue weighted by atomic mass is 16.6. The van der Waals surface area contributed by atoms with Gasteiger partial charge in [-0.1, -0.05) is 27.7 Å². The Hall–Kier alpha value is -0.770. The molecule has 18 heavy (non-hydrogen) atoms. The van der Waals surface area contributed by atoms with Gasteiger partial charge in [0, 0.05) is 13.1 Å². The average molecular weight is 260 g/mol. The molecular formula is C14H32N2O2. The van der Waals surface area contributed by atoms with E-state index in [1.165, 1.54) is 0 Å². The van der Waals surface area contributed by atoms with E-state index in [2.05, 4.69) is 0 Å². The fourth-order valence-electron chi connectivity index (χ4n) is 1.30. The number of carbonyl (C=O) groups is 1. The van der Waals surface area contributed by atoms with Crippen molar-refractivity contribution < 1.29 is 9.53 Å². The van der Waals surface area contributed by atoms with E-state index in [0.29, 0.717) is 19.0 Å². The first-order valence-corrected chi connectivity index (χ1v) is 6.98. The molecule has 0 saturated carbocycles. The molecule has 1 unspecified atom stereocenters. The van der Waals surface area contributed by atoms with E-state index in [1.807, 2.05) is 48.5 Å². The number of hydrogen-bond acceptors (Lipinski definition) is 3. The third-order valence-corrected chi connectivity index (χ3v) is 2.08. The maximum Gasteiger partial charge on any atom is 0.410 e. The van der Waals surface area contributed by atoms with Crippen molar-refractivity contribution in [2.75, 3.05) is 19.6 Å². The highest BCUT2D eigenvalue weighted by Gasteiger charge is 2.22. The third kappa shape index (κ3) is 10.4. The summed E-state index contributed by atoms with van der Waals surface area (Å²) < 4.78 is 5.34. The summed E-state index contributed by atoms with van der Waals surface area (Å²) in [5.74, 6) is 0.305. The van der Waals surface area contributed by atoms with Gasteiger partial charge >= 0.3 is 6.09 Å². The fraction of sp³-hybridized carbons (Fsp3) is 0.929. The van der Waals surface area contributed by atoms with E-state index in [1.54, 1.807) is 4.90 Å². The molecule has 0 heterocycles. The van der Waals surface area contributed by atoms with Crippen LogP contribution in [0.2, 0.25) is 0 Å². The van der Waals surface area contributed by atoms with Crippen molar-refractivity contribution in [1.29, 1.82) is 0 Å². The van der Waals surface area contributed by atoms with Crippen LogP contribution >= 0.6 is 0 Å². The van der Waals surface area contributed by atoms with Gasteiger partial charge in [-0.25, -0.2) is 4.79 Å². The van der Waals surface area contributed by atoms with Crippen molar-refractivity contribution in [2.45, 2.75) is 60.5 Å². The minimum absolute atomic E-state index is 0.241. The Balaban J connectivity index is 0. The first kappa shape index (κ1) is 19.6. The van der Waals surface area contributed by atoms with Gasteiger partial charge in [-0.3, -0.25) is 0 Å². The zero-order valence-electron chi connectivity index (χ0n) is 13.2. The Kier molecular flexibility index (Phi) is 11.1. The van der Waals surface area contributed by atoms with Gasteiger partial charge in [0.2, 0.25) is 0 Å². The van der Waals surface area contributed by atoms with E-state index in [-0.39, 0.29) is 6.09 Å². The quantitative estimate of drug-likeness (QED) is 0.825. The van der Waals surface area contributed by atoms with Gasteiger partial charge in [-0.15, -0.1) is 0 Å². The van der Waals surface area contributed by atoms with Crippen LogP contribution in [0.4, 0.5) is 4.79 Å². The fourth-order valence-corrected chi connectivity index (χ4v) is 1.30. The minimum Gasteiger partial charge on any atom is -0.444 e. The summed E-state index contributed by atoms with van der Waals surface area (Å²) in [6, 6.07) is 0. The summed E-state index contributed by atoms with van der Waals surface area (Å²) in [5, 5.41) is 0. The van der Waals surface area contributed by atoms with E-state index in [9.17, 15) is 4.79 Å². The summed E-state index contributed by atoms with van der Waals surface area (Å²) in [4.78, 5) is 13.6. The van der Waals surface area contributed by atoms with Crippen LogP contribution in [0.25, 0.3) is 0 Å². The molecule has 0 radical (unpaired) electrons. The van der Waals surface area contributed by atoms with Crippen LogP contribution in [0.3, 0.4) is 0 Å². The van der Waals surface area contributed by atoms with Crippen molar-refractivity contribution in [2.24, 2.45) is 11.7 Å². The highest BCUT2D eigenvalue weighted by molar-refractivity contribution is 5.68. The zero-order valence-corrected chi connectivity index (χ0v) is 13.2. The van der Waals surface area contributed by atoms with Gasteiger partial charge < -0.3 is 15.4 Å². The van der Waals surface area contributed by atoms with Crippen LogP contribution in [0.15, 0.2) is 0 Å². The SMILES string of the molecule is CC.CCCN(CC(C)CN)C(=O)OC(C)(C)C. The normalized spacial score (nSPS) is 12.2. The molecule has 0 bridgehead atoms. The maximum atomic E-state index is 11.9. The van der Waals surface area contributed by atoms with E-state index in [4.69, 9.17) is 10.5 Å². The second kappa shape index (κ2) is 10.2. The lowest BCUT2D eigenvalue weighted by Crippen LogP contribution is -2.40. The molecule has 1 atom stereocenters. The van der Waals surface area contributed by atoms with Crippen LogP contribution in [0.5, 0.6) is 0 Å². The summed E-state index contributed by atoms with van der Waals surface area (Å²) in [5.41, 5.74) is 5.13. The predicted molar refractivity (Wildman–Crippen MR) is 77.7 cm³/mol. The number of nitrogens with two attached hydrogens (primary N) is 1. The minimum atomic E-state index is -0.435. The van der Waals surface area contributed by atoms with Crippen LogP contribution in [0.1, 0.15) is 54.9 Å². The van der Waals surface area contributed by atoms with Gasteiger partial charge in [0.1, 0.15) is 5.60 Å². The monoisotopic (exact) mass is 260 g/mol. The summed E-state index contributed by atoms with van der Waals surface area (Å²) >= 11 is 0. The molecule has 0 aromatic carbocycles. The van der Waals surface area contributed by atoms with Crippen LogP contribution < -0.4 is 5.73 Å². The predicted octanol–water partition coefficient (Wildman–Crippen LogP) is 3.25. The summed E-state index contributed by atoms with van der Waals surface area (Å²) in [6.07, 6.45) is 0.686. The molecule has 0 aromatic rings. The van der Waals surface area contributed by atoms with E-state index < -0.39 is 5.60 Å². The number of rotatable bonds is 5. The van der Waals surface area contributed by atoms with Crippen LogP contribution in [0, 0.1) is 5.92 Å². The second-order valence-electron chi connectivity index (χ2n) is 5.27. The molecular weight excluding hydrogens is 228 g/mol. The van der Waals surface area contributed by atoms with Gasteiger partial charge in [0.25, 0.3) is 0 Å². The Morgan fingerprint density at radius 1 is 1.33 bits per heavy atom. The Bertz CT molecular complexity index is 212. The molecule has 4 nitrogen and oxygen atoms in total. The van der Waals surface area contributed by atoms with Gasteiger partial charge in [0.05, 0.1) is 0 Å². The third-order valence-electron chi connectivity index (χ3n) is 2.08. The van der Waals surface area contributed by atoms with Gasteiger partial charge in [-0.05, 0) is 39.7 Å². The van der Waals surface area contributed by atoms with Crippen LogP contribution in [-0.2, 0) is 4.74 Å². The summed E-state index contributed by atoms with van der Waals surface area (Å²) in [7, 11) is 0. The Morgan fingerprint density at radius 3 is 2.17 bits per heavy atom. The molecule has 0 aliphatic heterocycles. The standard InChI is InChI=1S/C12H26N2O2.C2H6/c1-6-7-14(9-10(2)8-13)11(15)16-12(3,4)5;1-2/h10H,6-9,13H2,1-5H3;1-2H3. The van der Waals surface area contributed by atoms with Gasteiger partial charge in [-0.2, -0.15) is 0 Å². The highest BCUT2D eigenvalue weighted by Crippen LogP contribution is 2.11. The molecule has 0 fully saturated rings. The number of ether oxygens (including phenoxy) is 1. The largest absolute Gasteiger partial charge is 0.444 e. The van der Waals surface area contributed by atoms with E-state index >= 15 is 0 Å². The van der Waals surface area contributed by atoms with Gasteiger partial charge in [0.15, 0.2) is 0 Å². The molecule has 110 valence electrons. The molecule has 0 saturated heterocycles. The van der Waals surface area contributed by atoms with Crippen molar-refractivity contribution in [3.8, 4) is 0 Å². The Labute approximate surface area is 113 Å². The number of carbonyl (C=O) groups excluding carboxylic acids is 1. The lowest BCUT2D eigenvalue weighted by molar-refractivity contribution is 0.0226. The first-order valence-electron chi connectivity index (χ1n) is 6.98. The summed E-state index contributed by atoms with van der Waals surface area (Å²) in [6.45, 7) is 15.7. The topological polar surface area (TPSA) is 55.6 Å². The number of hydrogen-bond donors (Lipinski definition) is 1. The average Bonchev–Trinajstić information content (AvgIpc) is 2.28. The number of amides is 1. The molecule has 0 aliphatic carbocycles. The van der Waals surface area contributed by atoms with Crippen molar-refractivity contribution in [3.63, 3.8) is 0 Å². The molecule has 4 heteroatoms. The van der Waals surface area contributed by atoms with Crippen molar-refractivity contribution in [3.05, 3.63) is 0 Å². The smallest absolute Gasteiger partial charge is 0.410 e. The Morgan fingerprint density at radius 2 is 1.83 bits per heavy atom. The number of nitrogens with zero attached hydrogens (tertiary/aromatic N) is 1. The zero-order chi connectivity index (χ0) is 14.8. The molecule has 2 N–H and O–H groups in total. The second-order valence-corrected chi connectivity index (χ2v) is 5.27. The van der Waals surface area contributed by atoms with Crippen molar-refractivity contribution in [1.82, 2.24) is 4.90 Å². The van der Waals surface area contributed by atoms with E-state index in [0.717, 1.165) is 13.0 Å². The lowest BCUT2D eigenvalue weighted by atomic mass is 10.1. The lowest BCUT2D eigenvalue weighted by Gasteiger charge is -2.28. The molecule has 0 aliphatic rings. The van der Waals surface area contributed by atoms with Crippen LogP contribution in [-0.4, -0.2) is 36.2 Å². The van der Waals surface area contributed by atoms with Crippen molar-refractivity contribution >= 4 is 6.09 Å². The first-order chi connectivity index (χ1) is 8.30. The maximum absolute atomic E-state index is 11.9.